The molecule has 2 amide bonds. The van der Waals surface area contributed by atoms with Crippen molar-refractivity contribution in [1.29, 1.82) is 0 Å². The van der Waals surface area contributed by atoms with Gasteiger partial charge in [0.1, 0.15) is 23.8 Å². The van der Waals surface area contributed by atoms with E-state index in [0.717, 1.165) is 11.6 Å². The minimum Gasteiger partial charge on any atom is -0.483 e. The summed E-state index contributed by atoms with van der Waals surface area (Å²) < 4.78 is 40.4. The van der Waals surface area contributed by atoms with Crippen LogP contribution in [0.2, 0.25) is 0 Å². The number of halogens is 2. The summed E-state index contributed by atoms with van der Waals surface area (Å²) in [5.74, 6) is -2.97. The Hall–Kier alpha value is -4.05. The molecule has 2 aliphatic heterocycles. The van der Waals surface area contributed by atoms with E-state index in [-0.39, 0.29) is 48.3 Å². The van der Waals surface area contributed by atoms with Crippen LogP contribution in [0.4, 0.5) is 8.78 Å². The van der Waals surface area contributed by atoms with Crippen LogP contribution < -0.4 is 15.5 Å². The zero-order valence-corrected chi connectivity index (χ0v) is 20.1. The Morgan fingerprint density at radius 2 is 1.95 bits per heavy atom. The maximum absolute atomic E-state index is 14.0. The molecule has 2 aromatic carbocycles. The summed E-state index contributed by atoms with van der Waals surface area (Å²) >= 11 is 0. The second-order valence-electron chi connectivity index (χ2n) is 9.07. The second kappa shape index (κ2) is 10.1. The predicted octanol–water partition coefficient (Wildman–Crippen LogP) is 3.23. The number of hydrogen-bond acceptors (Lipinski definition) is 5. The lowest BCUT2D eigenvalue weighted by atomic mass is 10.1. The van der Waals surface area contributed by atoms with Crippen LogP contribution in [-0.4, -0.2) is 40.2 Å². The van der Waals surface area contributed by atoms with Crippen molar-refractivity contribution in [3.8, 4) is 5.75 Å². The molecular formula is C27H25F2N3O5. The third-order valence-electron chi connectivity index (χ3n) is 6.58. The van der Waals surface area contributed by atoms with Crippen LogP contribution >= 0.6 is 0 Å². The number of carbonyl (C=O) groups is 2. The second-order valence-corrected chi connectivity index (χ2v) is 9.07. The lowest BCUT2D eigenvalue weighted by Crippen LogP contribution is -2.57. The van der Waals surface area contributed by atoms with Gasteiger partial charge in [0.2, 0.25) is 5.43 Å². The van der Waals surface area contributed by atoms with Gasteiger partial charge in [0.05, 0.1) is 13.2 Å². The highest BCUT2D eigenvalue weighted by Crippen LogP contribution is 2.30. The Morgan fingerprint density at radius 1 is 1.16 bits per heavy atom. The predicted molar refractivity (Wildman–Crippen MR) is 129 cm³/mol. The third-order valence-corrected chi connectivity index (χ3v) is 6.58. The van der Waals surface area contributed by atoms with Crippen LogP contribution in [0.3, 0.4) is 0 Å². The van der Waals surface area contributed by atoms with Gasteiger partial charge in [0, 0.05) is 30.4 Å². The van der Waals surface area contributed by atoms with Crippen molar-refractivity contribution in [1.82, 2.24) is 14.8 Å². The van der Waals surface area contributed by atoms with Gasteiger partial charge < -0.3 is 24.3 Å². The van der Waals surface area contributed by atoms with Crippen LogP contribution in [0, 0.1) is 11.6 Å². The van der Waals surface area contributed by atoms with E-state index in [9.17, 15) is 23.2 Å². The highest BCUT2D eigenvalue weighted by Gasteiger charge is 2.41. The van der Waals surface area contributed by atoms with E-state index in [0.29, 0.717) is 19.1 Å². The highest BCUT2D eigenvalue weighted by atomic mass is 19.1. The standard InChI is InChI=1S/C27H25F2N3O5/c1-16-9-10-36-22-14-31-13-20(26(34)30-12-18-7-8-19(28)11-21(18)29)24(33)25(23(31)27(35)32(16)22)37-15-17-5-3-2-4-6-17/h2-8,11,13,16,22H,9-10,12,14-15H2,1H3,(H,30,34)/t16?,22-/m0/s1. The Labute approximate surface area is 211 Å². The lowest BCUT2D eigenvalue weighted by Gasteiger charge is -2.44. The maximum atomic E-state index is 14.0. The summed E-state index contributed by atoms with van der Waals surface area (Å²) in [6.07, 6.45) is 1.42. The summed E-state index contributed by atoms with van der Waals surface area (Å²) in [6.45, 7) is 2.36. The van der Waals surface area contributed by atoms with Gasteiger partial charge in [-0.05, 0) is 25.0 Å². The number of carbonyl (C=O) groups excluding carboxylic acids is 2. The summed E-state index contributed by atoms with van der Waals surface area (Å²) in [5.41, 5.74) is -0.131. The molecule has 1 aromatic heterocycles. The van der Waals surface area contributed by atoms with Gasteiger partial charge in [-0.25, -0.2) is 8.78 Å². The van der Waals surface area contributed by atoms with E-state index in [1.54, 1.807) is 4.90 Å². The zero-order chi connectivity index (χ0) is 26.1. The van der Waals surface area contributed by atoms with Crippen molar-refractivity contribution in [3.63, 3.8) is 0 Å². The molecule has 0 aliphatic carbocycles. The lowest BCUT2D eigenvalue weighted by molar-refractivity contribution is -0.112. The summed E-state index contributed by atoms with van der Waals surface area (Å²) in [6, 6.07) is 12.0. The minimum absolute atomic E-state index is 0.0116. The Kier molecular flexibility index (Phi) is 6.75. The van der Waals surface area contributed by atoms with Gasteiger partial charge in [-0.3, -0.25) is 14.4 Å². The summed E-state index contributed by atoms with van der Waals surface area (Å²) in [5, 5.41) is 2.50. The van der Waals surface area contributed by atoms with Gasteiger partial charge in [-0.1, -0.05) is 36.4 Å². The average molecular weight is 510 g/mol. The van der Waals surface area contributed by atoms with Gasteiger partial charge in [-0.15, -0.1) is 0 Å². The molecule has 2 aliphatic rings. The first-order chi connectivity index (χ1) is 17.8. The fourth-order valence-electron chi connectivity index (χ4n) is 4.60. The number of nitrogens with zero attached hydrogens (tertiary/aromatic N) is 2. The molecule has 3 aromatic rings. The maximum Gasteiger partial charge on any atom is 0.276 e. The number of nitrogens with one attached hydrogen (secondary N) is 1. The number of fused-ring (bicyclic) bond motifs is 2. The van der Waals surface area contributed by atoms with Crippen molar-refractivity contribution >= 4 is 11.8 Å². The van der Waals surface area contributed by atoms with Crippen molar-refractivity contribution in [2.45, 2.75) is 45.3 Å². The molecule has 0 radical (unpaired) electrons. The molecule has 1 fully saturated rings. The summed E-state index contributed by atoms with van der Waals surface area (Å²) in [4.78, 5) is 41.7. The number of benzene rings is 2. The number of amides is 2. The monoisotopic (exact) mass is 509 g/mol. The smallest absolute Gasteiger partial charge is 0.276 e. The molecule has 2 atom stereocenters. The van der Waals surface area contributed by atoms with Gasteiger partial charge in [0.15, 0.2) is 17.7 Å². The fourth-order valence-corrected chi connectivity index (χ4v) is 4.60. The Bertz CT molecular complexity index is 1410. The van der Waals surface area contributed by atoms with E-state index in [4.69, 9.17) is 9.47 Å². The van der Waals surface area contributed by atoms with Crippen molar-refractivity contribution in [3.05, 3.63) is 99.0 Å². The first-order valence-electron chi connectivity index (χ1n) is 11.9. The van der Waals surface area contributed by atoms with Crippen LogP contribution in [0.5, 0.6) is 5.75 Å². The molecule has 1 N–H and O–H groups in total. The quantitative estimate of drug-likeness (QED) is 0.551. The molecule has 1 saturated heterocycles. The Balaban J connectivity index is 1.50. The fraction of sp³-hybridized carbons (Fsp3) is 0.296. The van der Waals surface area contributed by atoms with E-state index >= 15 is 0 Å². The first kappa shape index (κ1) is 24.6. The zero-order valence-electron chi connectivity index (χ0n) is 20.1. The van der Waals surface area contributed by atoms with E-state index < -0.39 is 35.1 Å². The van der Waals surface area contributed by atoms with Gasteiger partial charge in [0.25, 0.3) is 11.8 Å². The molecule has 0 bridgehead atoms. The molecule has 0 saturated carbocycles. The molecule has 5 rings (SSSR count). The SMILES string of the molecule is CC1CCO[C@H]2Cn3cc(C(=O)NCc4ccc(F)cc4F)c(=O)c(OCc4ccccc4)c3C(=O)N12. The third kappa shape index (κ3) is 4.84. The van der Waals surface area contributed by atoms with Crippen LogP contribution in [0.15, 0.2) is 59.5 Å². The molecule has 192 valence electrons. The van der Waals surface area contributed by atoms with Crippen molar-refractivity contribution in [2.75, 3.05) is 6.61 Å². The minimum atomic E-state index is -0.816. The molecule has 0 spiro atoms. The number of pyridine rings is 1. The van der Waals surface area contributed by atoms with Crippen molar-refractivity contribution < 1.29 is 27.8 Å². The van der Waals surface area contributed by atoms with E-state index in [1.165, 1.54) is 16.8 Å². The Morgan fingerprint density at radius 3 is 2.70 bits per heavy atom. The molecule has 1 unspecified atom stereocenters. The van der Waals surface area contributed by atoms with Crippen molar-refractivity contribution in [2.24, 2.45) is 0 Å². The topological polar surface area (TPSA) is 89.9 Å². The van der Waals surface area contributed by atoms with Crippen LogP contribution in [0.25, 0.3) is 0 Å². The molecule has 8 nitrogen and oxygen atoms in total. The van der Waals surface area contributed by atoms with E-state index in [1.807, 2.05) is 37.3 Å². The normalized spacial score (nSPS) is 18.7. The highest BCUT2D eigenvalue weighted by molar-refractivity contribution is 5.99. The number of rotatable bonds is 6. The number of aromatic nitrogens is 1. The molecule has 10 heteroatoms. The number of ether oxygens (including phenoxy) is 2. The average Bonchev–Trinajstić information content (AvgIpc) is 2.88. The van der Waals surface area contributed by atoms with Crippen LogP contribution in [0.1, 0.15) is 45.3 Å². The number of hydrogen-bond donors (Lipinski definition) is 1. The largest absolute Gasteiger partial charge is 0.483 e. The van der Waals surface area contributed by atoms with Crippen LogP contribution in [-0.2, 0) is 24.4 Å². The van der Waals surface area contributed by atoms with Gasteiger partial charge >= 0.3 is 0 Å². The molecular weight excluding hydrogens is 484 g/mol. The van der Waals surface area contributed by atoms with E-state index in [2.05, 4.69) is 5.32 Å². The molecule has 37 heavy (non-hydrogen) atoms. The van der Waals surface area contributed by atoms with Gasteiger partial charge in [-0.2, -0.15) is 0 Å². The first-order valence-corrected chi connectivity index (χ1v) is 11.9. The molecule has 3 heterocycles. The summed E-state index contributed by atoms with van der Waals surface area (Å²) in [7, 11) is 0.